The van der Waals surface area contributed by atoms with Crippen LogP contribution in [0.4, 0.5) is 0 Å². The molecule has 1 saturated heterocycles. The van der Waals surface area contributed by atoms with Crippen molar-refractivity contribution in [3.8, 4) is 5.75 Å². The number of piperazine rings is 1. The summed E-state index contributed by atoms with van der Waals surface area (Å²) in [4.78, 5) is 4.60. The number of aryl methyl sites for hydroxylation is 1. The first-order valence-corrected chi connectivity index (χ1v) is 8.56. The molecule has 1 aliphatic heterocycles. The summed E-state index contributed by atoms with van der Waals surface area (Å²) in [5, 5.41) is 10.0. The number of aliphatic hydroxyl groups is 1. The molecule has 2 rings (SSSR count). The number of benzene rings is 1. The number of likely N-dealkylation sites (N-methyl/N-ethyl adjacent to an activating group) is 1. The predicted molar refractivity (Wildman–Crippen MR) is 107 cm³/mol. The third-order valence-corrected chi connectivity index (χ3v) is 4.20. The lowest BCUT2D eigenvalue weighted by Crippen LogP contribution is -2.47. The second-order valence-corrected chi connectivity index (χ2v) is 6.18. The van der Waals surface area contributed by atoms with Gasteiger partial charge in [-0.2, -0.15) is 0 Å². The Bertz CT molecular complexity index is 440. The Morgan fingerprint density at radius 1 is 1.04 bits per heavy atom. The Kier molecular flexibility index (Phi) is 13.3. The molecule has 0 amide bonds. The van der Waals surface area contributed by atoms with E-state index in [0.717, 1.165) is 38.3 Å². The van der Waals surface area contributed by atoms with Crippen molar-refractivity contribution in [2.75, 3.05) is 59.6 Å². The van der Waals surface area contributed by atoms with Crippen LogP contribution in [0.15, 0.2) is 24.3 Å². The highest BCUT2D eigenvalue weighted by Crippen LogP contribution is 2.12. The first-order valence-electron chi connectivity index (χ1n) is 8.56. The highest BCUT2D eigenvalue weighted by atomic mass is 35.5. The summed E-state index contributed by atoms with van der Waals surface area (Å²) in [5.74, 6) is 0.865. The van der Waals surface area contributed by atoms with Gasteiger partial charge in [-0.3, -0.25) is 4.90 Å². The van der Waals surface area contributed by atoms with Gasteiger partial charge in [-0.1, -0.05) is 19.1 Å². The van der Waals surface area contributed by atoms with Gasteiger partial charge in [0.2, 0.25) is 0 Å². The second kappa shape index (κ2) is 13.6. The average Bonchev–Trinajstić information content (AvgIpc) is 2.57. The largest absolute Gasteiger partial charge is 0.491 e. The number of hydrogen-bond acceptors (Lipinski definition) is 5. The molecule has 1 aromatic carbocycles. The van der Waals surface area contributed by atoms with Crippen LogP contribution in [0.5, 0.6) is 5.75 Å². The molecule has 1 aromatic rings. The van der Waals surface area contributed by atoms with Crippen LogP contribution in [0.25, 0.3) is 0 Å². The first-order chi connectivity index (χ1) is 11.2. The van der Waals surface area contributed by atoms with Crippen LogP contribution in [0, 0.1) is 0 Å². The van der Waals surface area contributed by atoms with Crippen LogP contribution >= 0.6 is 24.8 Å². The maximum atomic E-state index is 10.0. The van der Waals surface area contributed by atoms with Crippen LogP contribution in [-0.2, 0) is 11.2 Å². The monoisotopic (exact) mass is 394 g/mol. The topological polar surface area (TPSA) is 45.2 Å². The fraction of sp³-hybridized carbons (Fsp3) is 0.667. The Labute approximate surface area is 164 Å². The summed E-state index contributed by atoms with van der Waals surface area (Å²) in [6, 6.07) is 8.13. The number of ether oxygens (including phenoxy) is 2. The molecule has 146 valence electrons. The van der Waals surface area contributed by atoms with Gasteiger partial charge in [-0.15, -0.1) is 24.8 Å². The minimum absolute atomic E-state index is 0. The van der Waals surface area contributed by atoms with E-state index in [0.29, 0.717) is 26.4 Å². The van der Waals surface area contributed by atoms with Gasteiger partial charge < -0.3 is 19.5 Å². The predicted octanol–water partition coefficient (Wildman–Crippen LogP) is 2.10. The fourth-order valence-electron chi connectivity index (χ4n) is 2.64. The zero-order valence-corrected chi connectivity index (χ0v) is 16.9. The van der Waals surface area contributed by atoms with E-state index in [1.54, 1.807) is 0 Å². The van der Waals surface area contributed by atoms with Crippen molar-refractivity contribution in [3.05, 3.63) is 29.8 Å². The van der Waals surface area contributed by atoms with E-state index in [9.17, 15) is 5.11 Å². The summed E-state index contributed by atoms with van der Waals surface area (Å²) in [7, 11) is 2.13. The van der Waals surface area contributed by atoms with Crippen LogP contribution in [0.3, 0.4) is 0 Å². The molecular weight excluding hydrogens is 363 g/mol. The van der Waals surface area contributed by atoms with E-state index < -0.39 is 6.10 Å². The van der Waals surface area contributed by atoms with Crippen LogP contribution < -0.4 is 4.74 Å². The standard InChI is InChI=1S/C18H30N2O3.2ClH/c1-3-16-4-6-18(7-5-16)23-13-12-22-15-17(21)14-20-10-8-19(2)9-11-20;;/h4-7,17,21H,3,8-15H2,1-2H3;2*1H. The maximum Gasteiger partial charge on any atom is 0.119 e. The molecule has 7 heteroatoms. The Balaban J connectivity index is 0.00000288. The average molecular weight is 395 g/mol. The molecule has 1 unspecified atom stereocenters. The molecule has 1 heterocycles. The second-order valence-electron chi connectivity index (χ2n) is 6.18. The highest BCUT2D eigenvalue weighted by Gasteiger charge is 2.16. The van der Waals surface area contributed by atoms with E-state index in [4.69, 9.17) is 9.47 Å². The van der Waals surface area contributed by atoms with Crippen molar-refractivity contribution in [2.24, 2.45) is 0 Å². The quantitative estimate of drug-likeness (QED) is 0.649. The number of aliphatic hydroxyl groups excluding tert-OH is 1. The summed E-state index contributed by atoms with van der Waals surface area (Å²) < 4.78 is 11.1. The highest BCUT2D eigenvalue weighted by molar-refractivity contribution is 5.85. The van der Waals surface area contributed by atoms with Crippen molar-refractivity contribution in [3.63, 3.8) is 0 Å². The van der Waals surface area contributed by atoms with Gasteiger partial charge in [0.1, 0.15) is 12.4 Å². The van der Waals surface area contributed by atoms with Gasteiger partial charge >= 0.3 is 0 Å². The lowest BCUT2D eigenvalue weighted by Gasteiger charge is -2.33. The summed E-state index contributed by atoms with van der Waals surface area (Å²) in [6.07, 6.45) is 0.608. The van der Waals surface area contributed by atoms with E-state index in [1.165, 1.54) is 5.56 Å². The smallest absolute Gasteiger partial charge is 0.119 e. The van der Waals surface area contributed by atoms with E-state index in [1.807, 2.05) is 12.1 Å². The van der Waals surface area contributed by atoms with Gasteiger partial charge in [-0.25, -0.2) is 0 Å². The Morgan fingerprint density at radius 3 is 2.28 bits per heavy atom. The van der Waals surface area contributed by atoms with E-state index >= 15 is 0 Å². The van der Waals surface area contributed by atoms with Crippen molar-refractivity contribution in [1.82, 2.24) is 9.80 Å². The zero-order chi connectivity index (χ0) is 16.5. The van der Waals surface area contributed by atoms with Crippen molar-refractivity contribution < 1.29 is 14.6 Å². The first kappa shape index (κ1) is 24.4. The summed E-state index contributed by atoms with van der Waals surface area (Å²) in [5.41, 5.74) is 1.31. The third-order valence-electron chi connectivity index (χ3n) is 4.20. The lowest BCUT2D eigenvalue weighted by molar-refractivity contribution is 0.00149. The SMILES string of the molecule is CCc1ccc(OCCOCC(O)CN2CCN(C)CC2)cc1.Cl.Cl. The maximum absolute atomic E-state index is 10.0. The third kappa shape index (κ3) is 9.64. The number of rotatable bonds is 9. The summed E-state index contributed by atoms with van der Waals surface area (Å²) >= 11 is 0. The van der Waals surface area contributed by atoms with Gasteiger partial charge in [0.25, 0.3) is 0 Å². The van der Waals surface area contributed by atoms with Crippen LogP contribution in [-0.4, -0.2) is 80.6 Å². The van der Waals surface area contributed by atoms with Gasteiger partial charge in [0.05, 0.1) is 19.3 Å². The molecule has 1 atom stereocenters. The number of hydrogen-bond donors (Lipinski definition) is 1. The molecule has 1 aliphatic rings. The molecule has 0 aliphatic carbocycles. The molecule has 1 N–H and O–H groups in total. The minimum atomic E-state index is -0.428. The molecule has 25 heavy (non-hydrogen) atoms. The molecule has 1 fully saturated rings. The normalized spacial score (nSPS) is 16.6. The molecule has 0 saturated carbocycles. The van der Waals surface area contributed by atoms with Gasteiger partial charge in [0, 0.05) is 32.7 Å². The van der Waals surface area contributed by atoms with Crippen LogP contribution in [0.2, 0.25) is 0 Å². The van der Waals surface area contributed by atoms with Crippen molar-refractivity contribution >= 4 is 24.8 Å². The minimum Gasteiger partial charge on any atom is -0.491 e. The molecular formula is C18H32Cl2N2O3. The number of halogens is 2. The lowest BCUT2D eigenvalue weighted by atomic mass is 10.2. The van der Waals surface area contributed by atoms with Gasteiger partial charge in [-0.05, 0) is 31.2 Å². The van der Waals surface area contributed by atoms with Gasteiger partial charge in [0.15, 0.2) is 0 Å². The Hall–Kier alpha value is -0.560. The summed E-state index contributed by atoms with van der Waals surface area (Å²) in [6.45, 7) is 8.36. The molecule has 0 radical (unpaired) electrons. The molecule has 5 nitrogen and oxygen atoms in total. The van der Waals surface area contributed by atoms with Crippen molar-refractivity contribution in [1.29, 1.82) is 0 Å². The molecule has 0 aromatic heterocycles. The van der Waals surface area contributed by atoms with Crippen LogP contribution in [0.1, 0.15) is 12.5 Å². The Morgan fingerprint density at radius 2 is 1.68 bits per heavy atom. The van der Waals surface area contributed by atoms with E-state index in [-0.39, 0.29) is 24.8 Å². The van der Waals surface area contributed by atoms with Crippen molar-refractivity contribution in [2.45, 2.75) is 19.4 Å². The van der Waals surface area contributed by atoms with E-state index in [2.05, 4.69) is 35.9 Å². The number of nitrogens with zero attached hydrogens (tertiary/aromatic N) is 2. The zero-order valence-electron chi connectivity index (χ0n) is 15.2. The molecule has 0 bridgehead atoms. The fourth-order valence-corrected chi connectivity index (χ4v) is 2.64. The number of β-amino-alcohol motifs (C(OH)–C–C–N with tert-alkyl or cyclic N) is 1. The molecule has 0 spiro atoms.